The molecule has 0 spiro atoms. The van der Waals surface area contributed by atoms with E-state index in [2.05, 4.69) is 5.10 Å². The van der Waals surface area contributed by atoms with E-state index in [4.69, 9.17) is 0 Å². The number of aromatic nitrogens is 2. The van der Waals surface area contributed by atoms with Crippen LogP contribution in [0.5, 0.6) is 0 Å². The molecule has 0 saturated heterocycles. The van der Waals surface area contributed by atoms with Crippen LogP contribution in [-0.4, -0.2) is 25.9 Å². The predicted octanol–water partition coefficient (Wildman–Crippen LogP) is 1.61. The van der Waals surface area contributed by atoms with E-state index >= 15 is 0 Å². The summed E-state index contributed by atoms with van der Waals surface area (Å²) in [5, 5.41) is 25.4. The van der Waals surface area contributed by atoms with Gasteiger partial charge in [0.05, 0.1) is 17.1 Å². The van der Waals surface area contributed by atoms with Gasteiger partial charge in [-0.2, -0.15) is 5.10 Å². The third kappa shape index (κ3) is 1.35. The first-order chi connectivity index (χ1) is 8.66. The van der Waals surface area contributed by atoms with Crippen molar-refractivity contribution in [2.45, 2.75) is 43.7 Å². The van der Waals surface area contributed by atoms with Gasteiger partial charge < -0.3 is 5.11 Å². The SMILES string of the molecule is O=[N+]([O-])c1cnn(C2CC3CC3C2O)c1C1CC1. The van der Waals surface area contributed by atoms with Crippen molar-refractivity contribution >= 4 is 5.69 Å². The molecule has 1 aromatic heterocycles. The van der Waals surface area contributed by atoms with Crippen LogP contribution in [0, 0.1) is 22.0 Å². The monoisotopic (exact) mass is 249 g/mol. The highest BCUT2D eigenvalue weighted by atomic mass is 16.6. The Hall–Kier alpha value is -1.43. The summed E-state index contributed by atoms with van der Waals surface area (Å²) in [6.45, 7) is 0. The molecule has 0 aliphatic heterocycles. The van der Waals surface area contributed by atoms with Crippen LogP contribution in [0.1, 0.15) is 43.3 Å². The summed E-state index contributed by atoms with van der Waals surface area (Å²) in [4.78, 5) is 10.7. The summed E-state index contributed by atoms with van der Waals surface area (Å²) in [7, 11) is 0. The molecule has 6 nitrogen and oxygen atoms in total. The Kier molecular flexibility index (Phi) is 1.93. The molecule has 3 saturated carbocycles. The van der Waals surface area contributed by atoms with E-state index in [-0.39, 0.29) is 28.7 Å². The Morgan fingerprint density at radius 2 is 2.22 bits per heavy atom. The topological polar surface area (TPSA) is 81.2 Å². The lowest BCUT2D eigenvalue weighted by Gasteiger charge is -2.20. The van der Waals surface area contributed by atoms with Crippen LogP contribution in [0.15, 0.2) is 6.20 Å². The van der Waals surface area contributed by atoms with E-state index in [0.717, 1.165) is 31.4 Å². The maximum Gasteiger partial charge on any atom is 0.310 e. The van der Waals surface area contributed by atoms with Crippen LogP contribution in [0.2, 0.25) is 0 Å². The summed E-state index contributed by atoms with van der Waals surface area (Å²) in [6, 6.07) is -0.0435. The number of aliphatic hydroxyl groups excluding tert-OH is 1. The molecule has 0 radical (unpaired) electrons. The second kappa shape index (κ2) is 3.32. The van der Waals surface area contributed by atoms with Crippen molar-refractivity contribution in [3.8, 4) is 0 Å². The van der Waals surface area contributed by atoms with E-state index in [0.29, 0.717) is 11.8 Å². The summed E-state index contributed by atoms with van der Waals surface area (Å²) in [5.74, 6) is 1.29. The van der Waals surface area contributed by atoms with E-state index < -0.39 is 0 Å². The van der Waals surface area contributed by atoms with E-state index in [1.165, 1.54) is 6.20 Å². The van der Waals surface area contributed by atoms with Crippen molar-refractivity contribution < 1.29 is 10.0 Å². The maximum atomic E-state index is 11.0. The molecule has 6 heteroatoms. The van der Waals surface area contributed by atoms with Crippen molar-refractivity contribution in [3.05, 3.63) is 22.0 Å². The van der Waals surface area contributed by atoms with Crippen molar-refractivity contribution in [2.24, 2.45) is 11.8 Å². The van der Waals surface area contributed by atoms with Crippen LogP contribution in [0.3, 0.4) is 0 Å². The Morgan fingerprint density at radius 1 is 1.44 bits per heavy atom. The van der Waals surface area contributed by atoms with Gasteiger partial charge in [0.25, 0.3) is 0 Å². The van der Waals surface area contributed by atoms with Crippen LogP contribution in [0.4, 0.5) is 5.69 Å². The predicted molar refractivity (Wildman–Crippen MR) is 62.1 cm³/mol. The first kappa shape index (κ1) is 10.5. The van der Waals surface area contributed by atoms with Gasteiger partial charge in [0.15, 0.2) is 0 Å². The average molecular weight is 249 g/mol. The maximum absolute atomic E-state index is 11.0. The summed E-state index contributed by atoms with van der Waals surface area (Å²) in [5.41, 5.74) is 0.871. The van der Waals surface area contributed by atoms with E-state index in [9.17, 15) is 15.2 Å². The third-order valence-electron chi connectivity index (χ3n) is 4.64. The van der Waals surface area contributed by atoms with Gasteiger partial charge in [-0.25, -0.2) is 0 Å². The average Bonchev–Trinajstić information content (AvgIpc) is 3.24. The van der Waals surface area contributed by atoms with Gasteiger partial charge in [0.1, 0.15) is 11.9 Å². The molecule has 3 aliphatic rings. The second-order valence-corrected chi connectivity index (χ2v) is 5.84. The largest absolute Gasteiger partial charge is 0.391 e. The minimum Gasteiger partial charge on any atom is -0.391 e. The molecule has 4 unspecified atom stereocenters. The molecule has 96 valence electrons. The molecule has 0 aromatic carbocycles. The van der Waals surface area contributed by atoms with Gasteiger partial charge in [-0.05, 0) is 37.5 Å². The fourth-order valence-electron chi connectivity index (χ4n) is 3.46. The van der Waals surface area contributed by atoms with Crippen molar-refractivity contribution in [3.63, 3.8) is 0 Å². The molecule has 4 rings (SSSR count). The van der Waals surface area contributed by atoms with Gasteiger partial charge in [-0.3, -0.25) is 14.8 Å². The van der Waals surface area contributed by atoms with Crippen LogP contribution in [-0.2, 0) is 0 Å². The summed E-state index contributed by atoms with van der Waals surface area (Å²) >= 11 is 0. The van der Waals surface area contributed by atoms with Crippen molar-refractivity contribution in [1.29, 1.82) is 0 Å². The summed E-state index contributed by atoms with van der Waals surface area (Å²) in [6.07, 6.45) is 5.02. The molecule has 1 N–H and O–H groups in total. The minimum absolute atomic E-state index is 0.0435. The zero-order valence-corrected chi connectivity index (χ0v) is 9.90. The highest BCUT2D eigenvalue weighted by Crippen LogP contribution is 2.57. The Labute approximate surface area is 104 Å². The van der Waals surface area contributed by atoms with Gasteiger partial charge >= 0.3 is 5.69 Å². The normalized spacial score (nSPS) is 37.6. The smallest absolute Gasteiger partial charge is 0.310 e. The Balaban J connectivity index is 1.74. The number of fused-ring (bicyclic) bond motifs is 1. The lowest BCUT2D eigenvalue weighted by atomic mass is 10.1. The molecule has 0 bridgehead atoms. The summed E-state index contributed by atoms with van der Waals surface area (Å²) < 4.78 is 1.76. The quantitative estimate of drug-likeness (QED) is 0.651. The van der Waals surface area contributed by atoms with Crippen LogP contribution >= 0.6 is 0 Å². The van der Waals surface area contributed by atoms with E-state index in [1.807, 2.05) is 0 Å². The molecular weight excluding hydrogens is 234 g/mol. The Morgan fingerprint density at radius 3 is 2.78 bits per heavy atom. The van der Waals surface area contributed by atoms with Crippen LogP contribution < -0.4 is 0 Å². The Bertz CT molecular complexity index is 523. The van der Waals surface area contributed by atoms with Gasteiger partial charge in [0, 0.05) is 5.92 Å². The number of hydrogen-bond donors (Lipinski definition) is 1. The molecular formula is C12H15N3O3. The fourth-order valence-corrected chi connectivity index (χ4v) is 3.46. The van der Waals surface area contributed by atoms with E-state index in [1.54, 1.807) is 4.68 Å². The van der Waals surface area contributed by atoms with Crippen molar-refractivity contribution in [2.75, 3.05) is 0 Å². The lowest BCUT2D eigenvalue weighted by molar-refractivity contribution is -0.385. The number of nitrogens with zero attached hydrogens (tertiary/aromatic N) is 3. The van der Waals surface area contributed by atoms with Crippen molar-refractivity contribution in [1.82, 2.24) is 9.78 Å². The molecule has 3 fully saturated rings. The minimum atomic E-state index is -0.369. The zero-order valence-electron chi connectivity index (χ0n) is 9.90. The first-order valence-corrected chi connectivity index (χ1v) is 6.56. The highest BCUT2D eigenvalue weighted by molar-refractivity contribution is 5.39. The molecule has 1 aromatic rings. The first-order valence-electron chi connectivity index (χ1n) is 6.56. The van der Waals surface area contributed by atoms with Gasteiger partial charge in [-0.1, -0.05) is 0 Å². The second-order valence-electron chi connectivity index (χ2n) is 5.84. The number of hydrogen-bond acceptors (Lipinski definition) is 4. The van der Waals surface area contributed by atoms with Gasteiger partial charge in [-0.15, -0.1) is 0 Å². The highest BCUT2D eigenvalue weighted by Gasteiger charge is 2.55. The number of rotatable bonds is 3. The number of aliphatic hydroxyl groups is 1. The third-order valence-corrected chi connectivity index (χ3v) is 4.64. The number of nitro groups is 1. The fraction of sp³-hybridized carbons (Fsp3) is 0.750. The van der Waals surface area contributed by atoms with Gasteiger partial charge in [0.2, 0.25) is 0 Å². The molecule has 3 aliphatic carbocycles. The standard InChI is InChI=1S/C12H15N3O3/c16-12-8-3-7(8)4-9(12)14-11(6-1-2-6)10(5-13-14)15(17)18/h5-9,12,16H,1-4H2. The molecule has 0 amide bonds. The zero-order chi connectivity index (χ0) is 12.4. The molecule has 1 heterocycles. The lowest BCUT2D eigenvalue weighted by Crippen LogP contribution is -2.24. The van der Waals surface area contributed by atoms with Crippen LogP contribution in [0.25, 0.3) is 0 Å². The molecule has 18 heavy (non-hydrogen) atoms. The molecule has 4 atom stereocenters.